The number of amides is 1. The molecular formula is C12H22N2O3. The van der Waals surface area contributed by atoms with E-state index in [9.17, 15) is 4.79 Å². The van der Waals surface area contributed by atoms with Crippen LogP contribution >= 0.6 is 0 Å². The van der Waals surface area contributed by atoms with E-state index in [1.54, 1.807) is 0 Å². The Hall–Kier alpha value is -0.650. The first-order chi connectivity index (χ1) is 7.98. The normalized spacial score (nSPS) is 33.5. The van der Waals surface area contributed by atoms with Gasteiger partial charge in [0.15, 0.2) is 0 Å². The topological polar surface area (TPSA) is 50.8 Å². The van der Waals surface area contributed by atoms with Crippen LogP contribution in [0.1, 0.15) is 20.8 Å². The molecule has 5 heteroatoms. The fourth-order valence-electron chi connectivity index (χ4n) is 2.55. The van der Waals surface area contributed by atoms with E-state index in [2.05, 4.69) is 5.32 Å². The van der Waals surface area contributed by atoms with Gasteiger partial charge in [0.25, 0.3) is 5.91 Å². The summed E-state index contributed by atoms with van der Waals surface area (Å²) in [5.74, 6) is 0.0837. The first-order valence-electron chi connectivity index (χ1n) is 6.27. The average Bonchev–Trinajstić information content (AvgIpc) is 2.26. The van der Waals surface area contributed by atoms with Crippen molar-refractivity contribution in [1.29, 1.82) is 0 Å². The third kappa shape index (κ3) is 3.18. The van der Waals surface area contributed by atoms with Crippen molar-refractivity contribution in [2.45, 2.75) is 38.6 Å². The first kappa shape index (κ1) is 12.8. The van der Waals surface area contributed by atoms with Gasteiger partial charge in [-0.05, 0) is 20.8 Å². The fourth-order valence-corrected chi connectivity index (χ4v) is 2.55. The monoisotopic (exact) mass is 242 g/mol. The summed E-state index contributed by atoms with van der Waals surface area (Å²) in [6.45, 7) is 9.38. The molecule has 0 bridgehead atoms. The lowest BCUT2D eigenvalue weighted by atomic mass is 10.0. The molecule has 17 heavy (non-hydrogen) atoms. The summed E-state index contributed by atoms with van der Waals surface area (Å²) >= 11 is 0. The van der Waals surface area contributed by atoms with Gasteiger partial charge in [0, 0.05) is 26.2 Å². The van der Waals surface area contributed by atoms with E-state index >= 15 is 0 Å². The lowest BCUT2D eigenvalue weighted by Crippen LogP contribution is -2.58. The number of carbonyl (C=O) groups excluding carboxylic acids is 1. The Morgan fingerprint density at radius 1 is 1.47 bits per heavy atom. The van der Waals surface area contributed by atoms with Gasteiger partial charge >= 0.3 is 0 Å². The summed E-state index contributed by atoms with van der Waals surface area (Å²) in [5, 5.41) is 3.18. The van der Waals surface area contributed by atoms with Crippen LogP contribution in [0.2, 0.25) is 0 Å². The molecule has 2 fully saturated rings. The van der Waals surface area contributed by atoms with Gasteiger partial charge in [0.1, 0.15) is 6.10 Å². The molecule has 2 aliphatic rings. The van der Waals surface area contributed by atoms with Crippen molar-refractivity contribution in [3.8, 4) is 0 Å². The van der Waals surface area contributed by atoms with Gasteiger partial charge in [0.05, 0.1) is 18.3 Å². The number of rotatable bonds is 1. The molecule has 0 saturated carbocycles. The summed E-state index contributed by atoms with van der Waals surface area (Å²) in [7, 11) is 0. The molecule has 0 spiro atoms. The standard InChI is InChI=1S/C12H22N2O3/c1-9-7-14(8-12(2,3)17-9)11(15)10-6-13-4-5-16-10/h9-10,13H,4-8H2,1-3H3. The second-order valence-corrected chi connectivity index (χ2v) is 5.47. The zero-order chi connectivity index (χ0) is 12.5. The third-order valence-corrected chi connectivity index (χ3v) is 3.08. The van der Waals surface area contributed by atoms with Crippen molar-refractivity contribution in [3.05, 3.63) is 0 Å². The van der Waals surface area contributed by atoms with Crippen LogP contribution in [0.4, 0.5) is 0 Å². The number of carbonyl (C=O) groups is 1. The zero-order valence-electron chi connectivity index (χ0n) is 10.9. The van der Waals surface area contributed by atoms with Crippen molar-refractivity contribution in [3.63, 3.8) is 0 Å². The summed E-state index contributed by atoms with van der Waals surface area (Å²) in [5.41, 5.74) is -0.268. The van der Waals surface area contributed by atoms with Crippen molar-refractivity contribution < 1.29 is 14.3 Å². The Morgan fingerprint density at radius 3 is 2.82 bits per heavy atom. The molecule has 0 aliphatic carbocycles. The predicted octanol–water partition coefficient (Wildman–Crippen LogP) is 0.000700. The van der Waals surface area contributed by atoms with Gasteiger partial charge < -0.3 is 19.7 Å². The van der Waals surface area contributed by atoms with E-state index < -0.39 is 0 Å². The summed E-state index contributed by atoms with van der Waals surface area (Å²) in [6, 6.07) is 0. The maximum atomic E-state index is 12.3. The Labute approximate surface area is 102 Å². The first-order valence-corrected chi connectivity index (χ1v) is 6.27. The van der Waals surface area contributed by atoms with E-state index in [-0.39, 0.29) is 23.7 Å². The van der Waals surface area contributed by atoms with Crippen LogP contribution in [0.5, 0.6) is 0 Å². The molecule has 1 amide bonds. The smallest absolute Gasteiger partial charge is 0.253 e. The molecule has 2 saturated heterocycles. The minimum atomic E-state index is -0.329. The van der Waals surface area contributed by atoms with Crippen molar-refractivity contribution >= 4 is 5.91 Å². The van der Waals surface area contributed by atoms with Crippen LogP contribution in [0, 0.1) is 0 Å². The highest BCUT2D eigenvalue weighted by atomic mass is 16.5. The van der Waals surface area contributed by atoms with Crippen molar-refractivity contribution in [2.75, 3.05) is 32.8 Å². The quantitative estimate of drug-likeness (QED) is 0.703. The number of ether oxygens (including phenoxy) is 2. The highest BCUT2D eigenvalue weighted by Gasteiger charge is 2.36. The van der Waals surface area contributed by atoms with Gasteiger partial charge in [-0.2, -0.15) is 0 Å². The van der Waals surface area contributed by atoms with E-state index in [1.165, 1.54) is 0 Å². The van der Waals surface area contributed by atoms with Crippen molar-refractivity contribution in [2.24, 2.45) is 0 Å². The minimum Gasteiger partial charge on any atom is -0.369 e. The van der Waals surface area contributed by atoms with Gasteiger partial charge in [-0.25, -0.2) is 0 Å². The van der Waals surface area contributed by atoms with Crippen LogP contribution in [0.3, 0.4) is 0 Å². The maximum absolute atomic E-state index is 12.3. The molecular weight excluding hydrogens is 220 g/mol. The lowest BCUT2D eigenvalue weighted by molar-refractivity contribution is -0.168. The van der Waals surface area contributed by atoms with Crippen LogP contribution in [0.25, 0.3) is 0 Å². The molecule has 2 unspecified atom stereocenters. The summed E-state index contributed by atoms with van der Waals surface area (Å²) in [6.07, 6.45) is -0.246. The molecule has 2 rings (SSSR count). The number of hydrogen-bond donors (Lipinski definition) is 1. The van der Waals surface area contributed by atoms with Gasteiger partial charge in [-0.1, -0.05) is 0 Å². The molecule has 2 heterocycles. The molecule has 98 valence electrons. The third-order valence-electron chi connectivity index (χ3n) is 3.08. The second-order valence-electron chi connectivity index (χ2n) is 5.47. The molecule has 0 aromatic carbocycles. The number of nitrogens with zero attached hydrogens (tertiary/aromatic N) is 1. The van der Waals surface area contributed by atoms with E-state index in [0.717, 1.165) is 6.54 Å². The molecule has 0 aromatic rings. The molecule has 0 aromatic heterocycles. The largest absolute Gasteiger partial charge is 0.369 e. The maximum Gasteiger partial charge on any atom is 0.253 e. The fraction of sp³-hybridized carbons (Fsp3) is 0.917. The van der Waals surface area contributed by atoms with Crippen LogP contribution < -0.4 is 5.32 Å². The Bertz CT molecular complexity index is 287. The van der Waals surface area contributed by atoms with Crippen molar-refractivity contribution in [1.82, 2.24) is 10.2 Å². The molecule has 2 aliphatic heterocycles. The molecule has 0 radical (unpaired) electrons. The van der Waals surface area contributed by atoms with E-state index in [4.69, 9.17) is 9.47 Å². The molecule has 2 atom stereocenters. The van der Waals surface area contributed by atoms with E-state index in [0.29, 0.717) is 26.2 Å². The zero-order valence-corrected chi connectivity index (χ0v) is 10.9. The number of nitrogens with one attached hydrogen (secondary N) is 1. The van der Waals surface area contributed by atoms with Crippen LogP contribution in [0.15, 0.2) is 0 Å². The van der Waals surface area contributed by atoms with Crippen LogP contribution in [-0.2, 0) is 14.3 Å². The number of hydrogen-bond acceptors (Lipinski definition) is 4. The Kier molecular flexibility index (Phi) is 3.70. The second kappa shape index (κ2) is 4.92. The lowest BCUT2D eigenvalue weighted by Gasteiger charge is -2.43. The molecule has 5 nitrogen and oxygen atoms in total. The predicted molar refractivity (Wildman–Crippen MR) is 63.8 cm³/mol. The Balaban J connectivity index is 1.98. The highest BCUT2D eigenvalue weighted by Crippen LogP contribution is 2.21. The average molecular weight is 242 g/mol. The van der Waals surface area contributed by atoms with Gasteiger partial charge in [-0.3, -0.25) is 4.79 Å². The molecule has 1 N–H and O–H groups in total. The summed E-state index contributed by atoms with van der Waals surface area (Å²) < 4.78 is 11.3. The SMILES string of the molecule is CC1CN(C(=O)C2CNCCO2)CC(C)(C)O1. The highest BCUT2D eigenvalue weighted by molar-refractivity contribution is 5.81. The van der Waals surface area contributed by atoms with E-state index in [1.807, 2.05) is 25.7 Å². The minimum absolute atomic E-state index is 0.0826. The van der Waals surface area contributed by atoms with Gasteiger partial charge in [0.2, 0.25) is 0 Å². The summed E-state index contributed by atoms with van der Waals surface area (Å²) in [4.78, 5) is 14.2. The van der Waals surface area contributed by atoms with Gasteiger partial charge in [-0.15, -0.1) is 0 Å². The van der Waals surface area contributed by atoms with Crippen LogP contribution in [-0.4, -0.2) is 61.4 Å². The Morgan fingerprint density at radius 2 is 2.24 bits per heavy atom. The number of morpholine rings is 2.